The molecule has 212 valence electrons. The van der Waals surface area contributed by atoms with Gasteiger partial charge in [0, 0.05) is 31.7 Å². The van der Waals surface area contributed by atoms with Crippen LogP contribution in [0.5, 0.6) is 17.2 Å². The van der Waals surface area contributed by atoms with E-state index >= 15 is 0 Å². The van der Waals surface area contributed by atoms with E-state index < -0.39 is 17.7 Å². The first-order chi connectivity index (χ1) is 20.0. The molecule has 2 heterocycles. The molecule has 1 amide bonds. The fourth-order valence-electron chi connectivity index (χ4n) is 5.17. The second-order valence-corrected chi connectivity index (χ2v) is 10.0. The monoisotopic (exact) mass is 554 g/mol. The highest BCUT2D eigenvalue weighted by Crippen LogP contribution is 2.41. The van der Waals surface area contributed by atoms with Crippen molar-refractivity contribution in [3.05, 3.63) is 108 Å². The molecule has 0 spiro atoms. The maximum Gasteiger partial charge on any atom is 0.295 e. The number of carbonyl (C=O) groups excluding carboxylic acids is 2. The summed E-state index contributed by atoms with van der Waals surface area (Å²) in [5.41, 5.74) is 1.94. The number of Topliss-reactive ketones (excluding diaryl/α,β-unsaturated/α-hetero) is 1. The fourth-order valence-corrected chi connectivity index (χ4v) is 5.17. The number of aryl methyl sites for hydroxylation is 1. The quantitative estimate of drug-likeness (QED) is 0.161. The third kappa shape index (κ3) is 6.34. The Bertz CT molecular complexity index is 1450. The maximum atomic E-state index is 13.5. The highest BCUT2D eigenvalue weighted by atomic mass is 16.5. The highest BCUT2D eigenvalue weighted by molar-refractivity contribution is 6.46. The van der Waals surface area contributed by atoms with Crippen molar-refractivity contribution in [2.75, 3.05) is 46.0 Å². The van der Waals surface area contributed by atoms with Crippen LogP contribution in [-0.4, -0.2) is 72.6 Å². The average Bonchev–Trinajstić information content (AvgIpc) is 3.25. The SMILES string of the molecule is C=CCOc1ccc(/C(O)=C2\C(=O)C(=O)N(CCN3CCOCC3)C2c2cccc(Oc3ccccc3)c2)cc1C. The second-order valence-electron chi connectivity index (χ2n) is 10.0. The summed E-state index contributed by atoms with van der Waals surface area (Å²) in [5.74, 6) is 0.298. The van der Waals surface area contributed by atoms with Crippen LogP contribution in [0.4, 0.5) is 0 Å². The minimum atomic E-state index is -0.785. The lowest BCUT2D eigenvalue weighted by atomic mass is 9.94. The molecule has 3 aromatic carbocycles. The van der Waals surface area contributed by atoms with Gasteiger partial charge in [-0.05, 0) is 60.5 Å². The molecule has 0 radical (unpaired) electrons. The number of hydrogen-bond donors (Lipinski definition) is 1. The lowest BCUT2D eigenvalue weighted by Gasteiger charge is -2.31. The molecule has 8 nitrogen and oxygen atoms in total. The number of ketones is 1. The molecule has 3 aromatic rings. The fraction of sp³-hybridized carbons (Fsp3) is 0.273. The predicted molar refractivity (Wildman–Crippen MR) is 156 cm³/mol. The van der Waals surface area contributed by atoms with Crippen LogP contribution in [0.1, 0.15) is 22.7 Å². The van der Waals surface area contributed by atoms with E-state index in [0.717, 1.165) is 18.7 Å². The molecule has 0 aliphatic carbocycles. The summed E-state index contributed by atoms with van der Waals surface area (Å²) in [6.07, 6.45) is 1.65. The number of aliphatic hydroxyl groups excluding tert-OH is 1. The Hall–Kier alpha value is -4.40. The van der Waals surface area contributed by atoms with Crippen molar-refractivity contribution < 1.29 is 28.9 Å². The number of para-hydroxylation sites is 1. The Morgan fingerprint density at radius 3 is 2.49 bits per heavy atom. The topological polar surface area (TPSA) is 88.5 Å². The zero-order valence-electron chi connectivity index (χ0n) is 23.1. The third-order valence-corrected chi connectivity index (χ3v) is 7.26. The van der Waals surface area contributed by atoms with E-state index in [-0.39, 0.29) is 11.3 Å². The van der Waals surface area contributed by atoms with E-state index in [1.807, 2.05) is 61.5 Å². The van der Waals surface area contributed by atoms with Gasteiger partial charge in [0.2, 0.25) is 0 Å². The van der Waals surface area contributed by atoms with Crippen LogP contribution in [0.15, 0.2) is 91.0 Å². The summed E-state index contributed by atoms with van der Waals surface area (Å²) in [5, 5.41) is 11.5. The molecule has 1 unspecified atom stereocenters. The van der Waals surface area contributed by atoms with Crippen LogP contribution < -0.4 is 9.47 Å². The van der Waals surface area contributed by atoms with Crippen LogP contribution in [-0.2, 0) is 14.3 Å². The van der Waals surface area contributed by atoms with Gasteiger partial charge in [-0.15, -0.1) is 0 Å². The molecule has 1 N–H and O–H groups in total. The lowest BCUT2D eigenvalue weighted by molar-refractivity contribution is -0.140. The Morgan fingerprint density at radius 2 is 1.76 bits per heavy atom. The van der Waals surface area contributed by atoms with Gasteiger partial charge in [0.1, 0.15) is 29.6 Å². The Labute approximate surface area is 240 Å². The first-order valence-electron chi connectivity index (χ1n) is 13.7. The minimum absolute atomic E-state index is 0.0491. The van der Waals surface area contributed by atoms with Crippen LogP contribution in [0, 0.1) is 6.92 Å². The Kier molecular flexibility index (Phi) is 8.82. The van der Waals surface area contributed by atoms with Crippen molar-refractivity contribution in [2.24, 2.45) is 0 Å². The number of amides is 1. The average molecular weight is 555 g/mol. The largest absolute Gasteiger partial charge is 0.507 e. The van der Waals surface area contributed by atoms with Gasteiger partial charge < -0.3 is 24.2 Å². The van der Waals surface area contributed by atoms with E-state index in [2.05, 4.69) is 11.5 Å². The molecule has 2 aliphatic rings. The van der Waals surface area contributed by atoms with E-state index in [1.54, 1.807) is 29.2 Å². The summed E-state index contributed by atoms with van der Waals surface area (Å²) in [6.45, 7) is 9.57. The van der Waals surface area contributed by atoms with Crippen LogP contribution >= 0.6 is 0 Å². The molecule has 8 heteroatoms. The zero-order chi connectivity index (χ0) is 28.8. The standard InChI is InChI=1S/C33H34N2O6/c1-3-18-40-28-13-12-25(21-23(28)2)31(36)29-30(24-8-7-11-27(22-24)41-26-9-5-4-6-10-26)35(33(38)32(29)37)15-14-34-16-19-39-20-17-34/h3-13,21-22,30,36H,1,14-20H2,2H3/b31-29+. The van der Waals surface area contributed by atoms with Crippen LogP contribution in [0.25, 0.3) is 5.76 Å². The van der Waals surface area contributed by atoms with E-state index in [0.29, 0.717) is 61.3 Å². The van der Waals surface area contributed by atoms with Crippen molar-refractivity contribution in [3.8, 4) is 17.2 Å². The highest BCUT2D eigenvalue weighted by Gasteiger charge is 2.46. The first kappa shape index (κ1) is 28.1. The van der Waals surface area contributed by atoms with Gasteiger partial charge in [-0.25, -0.2) is 0 Å². The molecular weight excluding hydrogens is 520 g/mol. The summed E-state index contributed by atoms with van der Waals surface area (Å²) in [6, 6.07) is 21.1. The number of nitrogens with zero attached hydrogens (tertiary/aromatic N) is 2. The number of aliphatic hydroxyl groups is 1. The van der Waals surface area contributed by atoms with Gasteiger partial charge in [-0.1, -0.05) is 43.0 Å². The number of carbonyl (C=O) groups is 2. The Balaban J connectivity index is 1.53. The molecule has 0 bridgehead atoms. The number of likely N-dealkylation sites (tertiary alicyclic amines) is 1. The van der Waals surface area contributed by atoms with Gasteiger partial charge in [-0.3, -0.25) is 14.5 Å². The van der Waals surface area contributed by atoms with Crippen molar-refractivity contribution in [3.63, 3.8) is 0 Å². The maximum absolute atomic E-state index is 13.5. The molecule has 1 atom stereocenters. The van der Waals surface area contributed by atoms with Gasteiger partial charge in [0.25, 0.3) is 11.7 Å². The number of morpholine rings is 1. The van der Waals surface area contributed by atoms with Crippen LogP contribution in [0.3, 0.4) is 0 Å². The molecule has 41 heavy (non-hydrogen) atoms. The van der Waals surface area contributed by atoms with Crippen LogP contribution in [0.2, 0.25) is 0 Å². The number of rotatable bonds is 10. The smallest absolute Gasteiger partial charge is 0.295 e. The summed E-state index contributed by atoms with van der Waals surface area (Å²) in [7, 11) is 0. The molecule has 2 saturated heterocycles. The normalized spacial score (nSPS) is 18.9. The van der Waals surface area contributed by atoms with Gasteiger partial charge in [-0.2, -0.15) is 0 Å². The number of ether oxygens (including phenoxy) is 3. The number of benzene rings is 3. The molecule has 0 aromatic heterocycles. The first-order valence-corrected chi connectivity index (χ1v) is 13.7. The molecule has 5 rings (SSSR count). The third-order valence-electron chi connectivity index (χ3n) is 7.26. The lowest BCUT2D eigenvalue weighted by Crippen LogP contribution is -2.42. The Morgan fingerprint density at radius 1 is 1.00 bits per heavy atom. The van der Waals surface area contributed by atoms with Crippen molar-refractivity contribution >= 4 is 17.4 Å². The number of hydrogen-bond acceptors (Lipinski definition) is 7. The predicted octanol–water partition coefficient (Wildman–Crippen LogP) is 5.11. The summed E-state index contributed by atoms with van der Waals surface area (Å²) >= 11 is 0. The van der Waals surface area contributed by atoms with Gasteiger partial charge >= 0.3 is 0 Å². The second kappa shape index (κ2) is 12.8. The van der Waals surface area contributed by atoms with Crippen molar-refractivity contribution in [1.29, 1.82) is 0 Å². The minimum Gasteiger partial charge on any atom is -0.507 e. The van der Waals surface area contributed by atoms with E-state index in [9.17, 15) is 14.7 Å². The van der Waals surface area contributed by atoms with Gasteiger partial charge in [0.15, 0.2) is 0 Å². The van der Waals surface area contributed by atoms with E-state index in [4.69, 9.17) is 14.2 Å². The van der Waals surface area contributed by atoms with Crippen molar-refractivity contribution in [2.45, 2.75) is 13.0 Å². The van der Waals surface area contributed by atoms with E-state index in [1.165, 1.54) is 0 Å². The summed E-state index contributed by atoms with van der Waals surface area (Å²) in [4.78, 5) is 30.7. The van der Waals surface area contributed by atoms with Gasteiger partial charge in [0.05, 0.1) is 24.8 Å². The molecule has 0 saturated carbocycles. The zero-order valence-corrected chi connectivity index (χ0v) is 23.1. The molecule has 2 aliphatic heterocycles. The summed E-state index contributed by atoms with van der Waals surface area (Å²) < 4.78 is 17.2. The molecular formula is C33H34N2O6. The molecule has 2 fully saturated rings. The van der Waals surface area contributed by atoms with Crippen molar-refractivity contribution in [1.82, 2.24) is 9.80 Å².